The van der Waals surface area contributed by atoms with Gasteiger partial charge < -0.3 is 10.8 Å². The Morgan fingerprint density at radius 3 is 2.88 bits per heavy atom. The molecule has 0 fully saturated rings. The van der Waals surface area contributed by atoms with Gasteiger partial charge in [0.1, 0.15) is 0 Å². The fraction of sp³-hybridized carbons (Fsp3) is 0.500. The summed E-state index contributed by atoms with van der Waals surface area (Å²) in [6, 6.07) is 8.62. The number of fused-ring (bicyclic) bond motifs is 1. The molecule has 0 spiro atoms. The molecule has 1 aromatic rings. The first kappa shape index (κ1) is 12.1. The molecule has 3 N–H and O–H groups in total. The van der Waals surface area contributed by atoms with Crippen LogP contribution in [0.5, 0.6) is 0 Å². The summed E-state index contributed by atoms with van der Waals surface area (Å²) < 4.78 is 0. The van der Waals surface area contributed by atoms with Crippen LogP contribution >= 0.6 is 0 Å². The van der Waals surface area contributed by atoms with E-state index >= 15 is 0 Å². The first-order valence-electron chi connectivity index (χ1n) is 6.23. The van der Waals surface area contributed by atoms with Gasteiger partial charge in [0.05, 0.1) is 0 Å². The van der Waals surface area contributed by atoms with Gasteiger partial charge in [0.2, 0.25) is 0 Å². The molecule has 2 unspecified atom stereocenters. The minimum atomic E-state index is -0.707. The van der Waals surface area contributed by atoms with Crippen LogP contribution in [0.3, 0.4) is 0 Å². The van der Waals surface area contributed by atoms with Crippen LogP contribution in [-0.2, 0) is 11.2 Å². The number of carboxylic acids is 1. The third kappa shape index (κ3) is 2.86. The van der Waals surface area contributed by atoms with Crippen LogP contribution in [0.1, 0.15) is 42.7 Å². The topological polar surface area (TPSA) is 63.3 Å². The number of carbonyl (C=O) groups is 1. The number of carboxylic acid groups (broad SMARTS) is 1. The van der Waals surface area contributed by atoms with Gasteiger partial charge in [0, 0.05) is 12.5 Å². The Morgan fingerprint density at radius 2 is 2.12 bits per heavy atom. The van der Waals surface area contributed by atoms with Crippen molar-refractivity contribution in [3.05, 3.63) is 35.4 Å². The second-order valence-electron chi connectivity index (χ2n) is 4.81. The van der Waals surface area contributed by atoms with Crippen molar-refractivity contribution >= 4 is 5.97 Å². The summed E-state index contributed by atoms with van der Waals surface area (Å²) in [6.07, 6.45) is 3.93. The summed E-state index contributed by atoms with van der Waals surface area (Å²) in [5, 5.41) is 8.59. The van der Waals surface area contributed by atoms with Crippen molar-refractivity contribution in [1.29, 1.82) is 0 Å². The molecule has 1 aliphatic carbocycles. The van der Waals surface area contributed by atoms with Gasteiger partial charge in [-0.3, -0.25) is 4.79 Å². The lowest BCUT2D eigenvalue weighted by molar-refractivity contribution is -0.137. The Kier molecular flexibility index (Phi) is 3.79. The maximum absolute atomic E-state index is 10.4. The molecule has 3 heteroatoms. The predicted molar refractivity (Wildman–Crippen MR) is 67.0 cm³/mol. The second-order valence-corrected chi connectivity index (χ2v) is 4.81. The second kappa shape index (κ2) is 5.32. The fourth-order valence-corrected chi connectivity index (χ4v) is 2.72. The van der Waals surface area contributed by atoms with Crippen LogP contribution in [-0.4, -0.2) is 17.1 Å². The number of hydrogen-bond acceptors (Lipinski definition) is 2. The van der Waals surface area contributed by atoms with Gasteiger partial charge in [-0.25, -0.2) is 0 Å². The molecular formula is C14H19NO2. The quantitative estimate of drug-likeness (QED) is 0.767. The first-order valence-corrected chi connectivity index (χ1v) is 6.23. The number of benzene rings is 1. The number of hydrogen-bond donors (Lipinski definition) is 2. The molecule has 92 valence electrons. The van der Waals surface area contributed by atoms with E-state index in [0.29, 0.717) is 5.92 Å². The van der Waals surface area contributed by atoms with Gasteiger partial charge in [-0.1, -0.05) is 30.7 Å². The Balaban J connectivity index is 1.90. The molecule has 0 radical (unpaired) electrons. The van der Waals surface area contributed by atoms with E-state index in [9.17, 15) is 4.79 Å². The van der Waals surface area contributed by atoms with Gasteiger partial charge in [0.25, 0.3) is 0 Å². The highest BCUT2D eigenvalue weighted by Crippen LogP contribution is 2.35. The highest BCUT2D eigenvalue weighted by atomic mass is 16.4. The number of aliphatic carboxylic acids is 1. The van der Waals surface area contributed by atoms with Crippen molar-refractivity contribution in [2.75, 3.05) is 0 Å². The average Bonchev–Trinajstić information content (AvgIpc) is 2.60. The van der Waals surface area contributed by atoms with Crippen LogP contribution in [0.15, 0.2) is 24.3 Å². The van der Waals surface area contributed by atoms with Gasteiger partial charge >= 0.3 is 5.97 Å². The third-order valence-corrected chi connectivity index (χ3v) is 3.58. The monoisotopic (exact) mass is 233 g/mol. The van der Waals surface area contributed by atoms with Crippen LogP contribution < -0.4 is 5.73 Å². The van der Waals surface area contributed by atoms with Crippen LogP contribution in [0, 0.1) is 0 Å². The molecular weight excluding hydrogens is 214 g/mol. The fourth-order valence-electron chi connectivity index (χ4n) is 2.72. The van der Waals surface area contributed by atoms with Crippen molar-refractivity contribution in [2.45, 2.75) is 44.1 Å². The summed E-state index contributed by atoms with van der Waals surface area (Å²) in [7, 11) is 0. The molecule has 0 heterocycles. The normalized spacial score (nSPS) is 22.4. The summed E-state index contributed by atoms with van der Waals surface area (Å²) in [6.45, 7) is 0. The lowest BCUT2D eigenvalue weighted by Gasteiger charge is -2.16. The smallest absolute Gasteiger partial charge is 0.303 e. The van der Waals surface area contributed by atoms with Crippen molar-refractivity contribution in [2.24, 2.45) is 5.73 Å². The molecule has 0 aliphatic heterocycles. The Hall–Kier alpha value is -1.35. The van der Waals surface area contributed by atoms with E-state index in [1.165, 1.54) is 11.1 Å². The van der Waals surface area contributed by atoms with E-state index in [1.807, 2.05) is 0 Å². The van der Waals surface area contributed by atoms with E-state index < -0.39 is 5.97 Å². The molecule has 0 bridgehead atoms. The summed E-state index contributed by atoms with van der Waals surface area (Å²) in [4.78, 5) is 10.4. The molecule has 2 atom stereocenters. The molecule has 0 aromatic heterocycles. The van der Waals surface area contributed by atoms with E-state index in [4.69, 9.17) is 10.8 Å². The van der Waals surface area contributed by atoms with Crippen molar-refractivity contribution < 1.29 is 9.90 Å². The highest BCUT2D eigenvalue weighted by molar-refractivity contribution is 5.66. The zero-order chi connectivity index (χ0) is 12.3. The van der Waals surface area contributed by atoms with E-state index in [2.05, 4.69) is 24.3 Å². The molecule has 0 saturated carbocycles. The molecule has 0 saturated heterocycles. The zero-order valence-corrected chi connectivity index (χ0v) is 9.93. The highest BCUT2D eigenvalue weighted by Gasteiger charge is 2.28. The zero-order valence-electron chi connectivity index (χ0n) is 9.93. The Labute approximate surface area is 102 Å². The van der Waals surface area contributed by atoms with Crippen LogP contribution in [0.2, 0.25) is 0 Å². The number of rotatable bonds is 5. The SMILES string of the molecule is NC1Cc2ccccc2C1CCCCC(=O)O. The molecule has 2 rings (SSSR count). The van der Waals surface area contributed by atoms with E-state index in [1.54, 1.807) is 0 Å². The molecule has 1 aromatic carbocycles. The summed E-state index contributed by atoms with van der Waals surface area (Å²) in [5.41, 5.74) is 8.89. The number of unbranched alkanes of at least 4 members (excludes halogenated alkanes) is 1. The maximum Gasteiger partial charge on any atom is 0.303 e. The molecule has 0 amide bonds. The van der Waals surface area contributed by atoms with Crippen molar-refractivity contribution in [3.8, 4) is 0 Å². The predicted octanol–water partition coefficient (Wildman–Crippen LogP) is 2.30. The standard InChI is InChI=1S/C14H19NO2/c15-13-9-10-5-1-2-6-11(10)12(13)7-3-4-8-14(16)17/h1-2,5-6,12-13H,3-4,7-9,15H2,(H,16,17). The Morgan fingerprint density at radius 1 is 1.35 bits per heavy atom. The third-order valence-electron chi connectivity index (χ3n) is 3.58. The average molecular weight is 233 g/mol. The van der Waals surface area contributed by atoms with E-state index in [0.717, 1.165) is 25.7 Å². The van der Waals surface area contributed by atoms with Gasteiger partial charge in [-0.15, -0.1) is 0 Å². The molecule has 17 heavy (non-hydrogen) atoms. The minimum Gasteiger partial charge on any atom is -0.481 e. The maximum atomic E-state index is 10.4. The van der Waals surface area contributed by atoms with Crippen molar-refractivity contribution in [1.82, 2.24) is 0 Å². The van der Waals surface area contributed by atoms with Gasteiger partial charge in [0.15, 0.2) is 0 Å². The lowest BCUT2D eigenvalue weighted by Crippen LogP contribution is -2.24. The van der Waals surface area contributed by atoms with Crippen LogP contribution in [0.4, 0.5) is 0 Å². The largest absolute Gasteiger partial charge is 0.481 e. The lowest BCUT2D eigenvalue weighted by atomic mass is 9.92. The van der Waals surface area contributed by atoms with Gasteiger partial charge in [-0.2, -0.15) is 0 Å². The first-order chi connectivity index (χ1) is 8.18. The van der Waals surface area contributed by atoms with Crippen molar-refractivity contribution in [3.63, 3.8) is 0 Å². The van der Waals surface area contributed by atoms with E-state index in [-0.39, 0.29) is 12.5 Å². The molecule has 1 aliphatic rings. The van der Waals surface area contributed by atoms with Crippen LogP contribution in [0.25, 0.3) is 0 Å². The minimum absolute atomic E-state index is 0.206. The summed E-state index contributed by atoms with van der Waals surface area (Å²) in [5.74, 6) is -0.291. The Bertz CT molecular complexity index is 403. The molecule has 3 nitrogen and oxygen atoms in total. The summed E-state index contributed by atoms with van der Waals surface area (Å²) >= 11 is 0. The van der Waals surface area contributed by atoms with Gasteiger partial charge in [-0.05, 0) is 36.3 Å². The number of nitrogens with two attached hydrogens (primary N) is 1.